The normalized spacial score (nSPS) is 11.3. The minimum Gasteiger partial charge on any atom is -0.383 e. The van der Waals surface area contributed by atoms with E-state index in [1.807, 2.05) is 5.32 Å². The Hall–Kier alpha value is -4.26. The summed E-state index contributed by atoms with van der Waals surface area (Å²) in [6.45, 7) is 0. The van der Waals surface area contributed by atoms with Crippen LogP contribution in [0.25, 0.3) is 10.2 Å². The lowest BCUT2D eigenvalue weighted by Crippen LogP contribution is -2.20. The molecule has 8 nitrogen and oxygen atoms in total. The van der Waals surface area contributed by atoms with Crippen molar-refractivity contribution >= 4 is 56.4 Å². The fourth-order valence-corrected chi connectivity index (χ4v) is 3.88. The van der Waals surface area contributed by atoms with E-state index in [0.717, 1.165) is 0 Å². The van der Waals surface area contributed by atoms with Crippen molar-refractivity contribution < 1.29 is 27.2 Å². The molecule has 0 aliphatic carbocycles. The topological polar surface area (TPSA) is 122 Å². The Bertz CT molecular complexity index is 1390. The van der Waals surface area contributed by atoms with Crippen LogP contribution in [0.1, 0.15) is 15.9 Å². The molecular weight excluding hydrogens is 476 g/mol. The van der Waals surface area contributed by atoms with Gasteiger partial charge in [0.25, 0.3) is 5.91 Å². The van der Waals surface area contributed by atoms with Crippen LogP contribution in [0.2, 0.25) is 0 Å². The second-order valence-electron chi connectivity index (χ2n) is 6.89. The summed E-state index contributed by atoms with van der Waals surface area (Å²) in [5, 5.41) is 9.15. The molecule has 13 heteroatoms. The molecule has 2 aromatic heterocycles. The number of carbonyl (C=O) groups excluding carboxylic acids is 2. The number of urea groups is 1. The number of fused-ring (bicyclic) bond motifs is 1. The Labute approximate surface area is 192 Å². The largest absolute Gasteiger partial charge is 0.416 e. The van der Waals surface area contributed by atoms with E-state index in [-0.39, 0.29) is 11.5 Å². The lowest BCUT2D eigenvalue weighted by Gasteiger charge is -2.12. The number of amides is 3. The quantitative estimate of drug-likeness (QED) is 0.288. The van der Waals surface area contributed by atoms with E-state index >= 15 is 0 Å². The number of aromatic nitrogens is 2. The van der Waals surface area contributed by atoms with Crippen molar-refractivity contribution in [2.45, 2.75) is 6.18 Å². The van der Waals surface area contributed by atoms with Crippen molar-refractivity contribution in [3.8, 4) is 0 Å². The minimum absolute atomic E-state index is 0.180. The summed E-state index contributed by atoms with van der Waals surface area (Å²) in [7, 11) is 0. The summed E-state index contributed by atoms with van der Waals surface area (Å²) in [4.78, 5) is 33.3. The van der Waals surface area contributed by atoms with Gasteiger partial charge in [-0.2, -0.15) is 13.2 Å². The number of nitrogens with one attached hydrogen (secondary N) is 3. The molecule has 0 aliphatic heterocycles. The van der Waals surface area contributed by atoms with Crippen molar-refractivity contribution in [3.05, 3.63) is 71.1 Å². The smallest absolute Gasteiger partial charge is 0.383 e. The number of carbonyl (C=O) groups is 2. The number of rotatable bonds is 4. The zero-order valence-electron chi connectivity index (χ0n) is 16.9. The maximum atomic E-state index is 13.8. The van der Waals surface area contributed by atoms with E-state index in [4.69, 9.17) is 5.73 Å². The summed E-state index contributed by atoms with van der Waals surface area (Å²) >= 11 is 1.24. The average molecular weight is 490 g/mol. The molecule has 4 rings (SSSR count). The third kappa shape index (κ3) is 4.88. The van der Waals surface area contributed by atoms with Crippen molar-refractivity contribution in [1.82, 2.24) is 9.97 Å². The maximum absolute atomic E-state index is 13.8. The Balaban J connectivity index is 1.41. The molecule has 0 unspecified atom stereocenters. The van der Waals surface area contributed by atoms with Gasteiger partial charge in [-0.05, 0) is 42.5 Å². The number of halogens is 4. The van der Waals surface area contributed by atoms with Crippen LogP contribution < -0.4 is 21.7 Å². The summed E-state index contributed by atoms with van der Waals surface area (Å²) in [6, 6.07) is 6.62. The van der Waals surface area contributed by atoms with Crippen LogP contribution >= 0.6 is 11.3 Å². The molecule has 0 atom stereocenters. The number of benzene rings is 2. The highest BCUT2D eigenvalue weighted by Gasteiger charge is 2.31. The van der Waals surface area contributed by atoms with Crippen molar-refractivity contribution in [2.24, 2.45) is 0 Å². The van der Waals surface area contributed by atoms with E-state index < -0.39 is 35.2 Å². The molecule has 0 spiro atoms. The van der Waals surface area contributed by atoms with Gasteiger partial charge in [0.1, 0.15) is 22.8 Å². The number of nitrogen functional groups attached to an aromatic ring is 1. The first-order valence-corrected chi connectivity index (χ1v) is 10.3. The second kappa shape index (κ2) is 8.94. The fraction of sp³-hybridized carbons (Fsp3) is 0.0476. The number of thiophene rings is 1. The Morgan fingerprint density at radius 2 is 1.62 bits per heavy atom. The lowest BCUT2D eigenvalue weighted by molar-refractivity contribution is -0.137. The number of hydrogen-bond donors (Lipinski definition) is 4. The number of nitrogens with zero attached hydrogens (tertiary/aromatic N) is 2. The number of anilines is 4. The molecule has 0 radical (unpaired) electrons. The SMILES string of the molecule is Nc1ncnc2scc(C(=O)Nc3ccc(NC(=O)Nc4cc(C(F)(F)F)ccc4F)cc3)c12. The molecular formula is C21H14F4N6O2S. The Kier molecular flexibility index (Phi) is 6.03. The molecule has 2 aromatic carbocycles. The summed E-state index contributed by atoms with van der Waals surface area (Å²) in [5.74, 6) is -1.28. The van der Waals surface area contributed by atoms with Gasteiger partial charge in [-0.1, -0.05) is 0 Å². The van der Waals surface area contributed by atoms with Gasteiger partial charge in [0.2, 0.25) is 0 Å². The van der Waals surface area contributed by atoms with Gasteiger partial charge in [0.15, 0.2) is 0 Å². The third-order valence-electron chi connectivity index (χ3n) is 4.59. The molecule has 0 aliphatic rings. The molecule has 34 heavy (non-hydrogen) atoms. The van der Waals surface area contributed by atoms with Gasteiger partial charge in [0.05, 0.1) is 22.2 Å². The van der Waals surface area contributed by atoms with Crippen LogP contribution in [-0.4, -0.2) is 21.9 Å². The third-order valence-corrected chi connectivity index (χ3v) is 5.47. The minimum atomic E-state index is -4.69. The van der Waals surface area contributed by atoms with E-state index in [1.165, 1.54) is 41.9 Å². The molecule has 2 heterocycles. The number of nitrogens with two attached hydrogens (primary N) is 1. The van der Waals surface area contributed by atoms with Gasteiger partial charge >= 0.3 is 12.2 Å². The maximum Gasteiger partial charge on any atom is 0.416 e. The zero-order valence-corrected chi connectivity index (χ0v) is 17.7. The van der Waals surface area contributed by atoms with E-state index in [1.54, 1.807) is 5.38 Å². The first-order valence-electron chi connectivity index (χ1n) is 9.45. The van der Waals surface area contributed by atoms with Gasteiger partial charge in [-0.15, -0.1) is 11.3 Å². The van der Waals surface area contributed by atoms with E-state index in [0.29, 0.717) is 39.7 Å². The predicted octanol–water partition coefficient (Wildman–Crippen LogP) is 5.33. The molecule has 174 valence electrons. The summed E-state index contributed by atoms with van der Waals surface area (Å²) < 4.78 is 52.2. The first-order chi connectivity index (χ1) is 16.1. The highest BCUT2D eigenvalue weighted by atomic mass is 32.1. The van der Waals surface area contributed by atoms with Crippen LogP contribution in [0.3, 0.4) is 0 Å². The molecule has 0 fully saturated rings. The highest BCUT2D eigenvalue weighted by Crippen LogP contribution is 2.32. The molecule has 4 aromatic rings. The van der Waals surface area contributed by atoms with Gasteiger partial charge in [-0.3, -0.25) is 4.79 Å². The second-order valence-corrected chi connectivity index (χ2v) is 7.75. The monoisotopic (exact) mass is 490 g/mol. The van der Waals surface area contributed by atoms with E-state index in [2.05, 4.69) is 20.6 Å². The lowest BCUT2D eigenvalue weighted by atomic mass is 10.2. The van der Waals surface area contributed by atoms with Crippen molar-refractivity contribution in [3.63, 3.8) is 0 Å². The number of alkyl halides is 3. The van der Waals surface area contributed by atoms with Gasteiger partial charge < -0.3 is 21.7 Å². The molecule has 0 saturated heterocycles. The van der Waals surface area contributed by atoms with Crippen molar-refractivity contribution in [1.29, 1.82) is 0 Å². The van der Waals surface area contributed by atoms with Gasteiger partial charge in [0, 0.05) is 16.8 Å². The predicted molar refractivity (Wildman–Crippen MR) is 120 cm³/mol. The molecule has 5 N–H and O–H groups in total. The van der Waals surface area contributed by atoms with Crippen LogP contribution in [0.15, 0.2) is 54.2 Å². The molecule has 0 saturated carbocycles. The number of hydrogen-bond acceptors (Lipinski definition) is 6. The fourth-order valence-electron chi connectivity index (χ4n) is 2.98. The van der Waals surface area contributed by atoms with Crippen LogP contribution in [0.5, 0.6) is 0 Å². The van der Waals surface area contributed by atoms with Crippen LogP contribution in [0.4, 0.5) is 45.2 Å². The van der Waals surface area contributed by atoms with Crippen LogP contribution in [0, 0.1) is 5.82 Å². The first kappa shape index (κ1) is 22.9. The molecule has 3 amide bonds. The van der Waals surface area contributed by atoms with Gasteiger partial charge in [-0.25, -0.2) is 19.2 Å². The summed E-state index contributed by atoms with van der Waals surface area (Å²) in [5.41, 5.74) is 5.08. The van der Waals surface area contributed by atoms with Crippen LogP contribution in [-0.2, 0) is 6.18 Å². The highest BCUT2D eigenvalue weighted by molar-refractivity contribution is 7.17. The zero-order chi connectivity index (χ0) is 24.5. The van der Waals surface area contributed by atoms with Crippen molar-refractivity contribution in [2.75, 3.05) is 21.7 Å². The average Bonchev–Trinajstić information content (AvgIpc) is 3.22. The Morgan fingerprint density at radius 3 is 2.29 bits per heavy atom. The molecule has 0 bridgehead atoms. The Morgan fingerprint density at radius 1 is 0.941 bits per heavy atom. The van der Waals surface area contributed by atoms with E-state index in [9.17, 15) is 27.2 Å². The standard InChI is InChI=1S/C21H14F4N6O2S/c22-14-6-1-10(21(23,24)25)7-15(14)31-20(33)30-12-4-2-11(3-5-12)29-18(32)13-8-34-19-16(13)17(26)27-9-28-19/h1-9H,(H,29,32)(H2,26,27,28)(H2,30,31,33). The summed E-state index contributed by atoms with van der Waals surface area (Å²) in [6.07, 6.45) is -3.38.